The van der Waals surface area contributed by atoms with Crippen molar-refractivity contribution in [2.24, 2.45) is 0 Å². The maximum Gasteiger partial charge on any atom is 0.123 e. The van der Waals surface area contributed by atoms with Crippen molar-refractivity contribution in [2.45, 2.75) is 52.5 Å². The summed E-state index contributed by atoms with van der Waals surface area (Å²) in [5.41, 5.74) is 1.22. The van der Waals surface area contributed by atoms with Gasteiger partial charge in [-0.05, 0) is 37.0 Å². The Kier molecular flexibility index (Phi) is 6.34. The van der Waals surface area contributed by atoms with E-state index in [1.54, 1.807) is 7.11 Å². The molecule has 0 amide bonds. The van der Waals surface area contributed by atoms with E-state index in [2.05, 4.69) is 46.0 Å². The van der Waals surface area contributed by atoms with Crippen molar-refractivity contribution in [3.05, 3.63) is 23.8 Å². The van der Waals surface area contributed by atoms with Gasteiger partial charge in [0, 0.05) is 18.2 Å². The van der Waals surface area contributed by atoms with Crippen LogP contribution in [0.25, 0.3) is 0 Å². The standard InChI is InChI=1S/C17H29NO2/c1-7-13(2)18-10-11-20-16-9-8-14(19-6)12-15(16)17(3,4)5/h8-9,12-13,18H,7,10-11H2,1-6H3. The molecule has 0 aliphatic carbocycles. The van der Waals surface area contributed by atoms with Crippen LogP contribution in [0.5, 0.6) is 11.5 Å². The maximum atomic E-state index is 5.94. The highest BCUT2D eigenvalue weighted by atomic mass is 16.5. The van der Waals surface area contributed by atoms with Crippen LogP contribution >= 0.6 is 0 Å². The maximum absolute atomic E-state index is 5.94. The summed E-state index contributed by atoms with van der Waals surface area (Å²) < 4.78 is 11.2. The van der Waals surface area contributed by atoms with Crippen molar-refractivity contribution >= 4 is 0 Å². The van der Waals surface area contributed by atoms with Gasteiger partial charge in [0.1, 0.15) is 18.1 Å². The summed E-state index contributed by atoms with van der Waals surface area (Å²) in [6.07, 6.45) is 1.13. The lowest BCUT2D eigenvalue weighted by molar-refractivity contribution is 0.297. The van der Waals surface area contributed by atoms with Gasteiger partial charge in [-0.15, -0.1) is 0 Å². The third kappa shape index (κ3) is 5.04. The monoisotopic (exact) mass is 279 g/mol. The van der Waals surface area contributed by atoms with Crippen LogP contribution in [0.2, 0.25) is 0 Å². The minimum atomic E-state index is 0.0357. The fourth-order valence-electron chi connectivity index (χ4n) is 1.96. The Balaban J connectivity index is 2.69. The van der Waals surface area contributed by atoms with Gasteiger partial charge in [-0.25, -0.2) is 0 Å². The summed E-state index contributed by atoms with van der Waals surface area (Å²) in [4.78, 5) is 0. The van der Waals surface area contributed by atoms with Crippen molar-refractivity contribution in [3.8, 4) is 11.5 Å². The van der Waals surface area contributed by atoms with Gasteiger partial charge >= 0.3 is 0 Å². The molecule has 1 atom stereocenters. The number of rotatable bonds is 7. The van der Waals surface area contributed by atoms with Crippen molar-refractivity contribution in [1.82, 2.24) is 5.32 Å². The number of benzene rings is 1. The Morgan fingerprint density at radius 2 is 1.95 bits per heavy atom. The first-order valence-corrected chi connectivity index (χ1v) is 7.43. The van der Waals surface area contributed by atoms with Crippen LogP contribution in [-0.4, -0.2) is 26.3 Å². The number of hydrogen-bond acceptors (Lipinski definition) is 3. The first kappa shape index (κ1) is 16.8. The van der Waals surface area contributed by atoms with Crippen molar-refractivity contribution < 1.29 is 9.47 Å². The average Bonchev–Trinajstić information content (AvgIpc) is 2.42. The predicted molar refractivity (Wildman–Crippen MR) is 84.9 cm³/mol. The largest absolute Gasteiger partial charge is 0.497 e. The van der Waals surface area contributed by atoms with E-state index in [1.165, 1.54) is 5.56 Å². The zero-order chi connectivity index (χ0) is 15.2. The summed E-state index contributed by atoms with van der Waals surface area (Å²) in [7, 11) is 1.69. The van der Waals surface area contributed by atoms with Crippen LogP contribution < -0.4 is 14.8 Å². The molecule has 1 rings (SSSR count). The lowest BCUT2D eigenvalue weighted by Crippen LogP contribution is -2.29. The molecule has 0 heterocycles. The molecule has 3 nitrogen and oxygen atoms in total. The van der Waals surface area contributed by atoms with E-state index in [4.69, 9.17) is 9.47 Å². The summed E-state index contributed by atoms with van der Waals surface area (Å²) >= 11 is 0. The van der Waals surface area contributed by atoms with E-state index < -0.39 is 0 Å². The summed E-state index contributed by atoms with van der Waals surface area (Å²) in [5.74, 6) is 1.82. The van der Waals surface area contributed by atoms with Crippen molar-refractivity contribution in [3.63, 3.8) is 0 Å². The number of ether oxygens (including phenoxy) is 2. The number of methoxy groups -OCH3 is 1. The Hall–Kier alpha value is -1.22. The molecule has 1 unspecified atom stereocenters. The molecule has 20 heavy (non-hydrogen) atoms. The summed E-state index contributed by atoms with van der Waals surface area (Å²) in [5, 5.41) is 3.43. The number of hydrogen-bond donors (Lipinski definition) is 1. The van der Waals surface area contributed by atoms with Gasteiger partial charge in [-0.3, -0.25) is 0 Å². The average molecular weight is 279 g/mol. The molecule has 0 bridgehead atoms. The zero-order valence-corrected chi connectivity index (χ0v) is 13.7. The van der Waals surface area contributed by atoms with E-state index in [9.17, 15) is 0 Å². The van der Waals surface area contributed by atoms with Crippen LogP contribution in [0.15, 0.2) is 18.2 Å². The molecule has 0 radical (unpaired) electrons. The first-order valence-electron chi connectivity index (χ1n) is 7.43. The predicted octanol–water partition coefficient (Wildman–Crippen LogP) is 3.76. The fourth-order valence-corrected chi connectivity index (χ4v) is 1.96. The van der Waals surface area contributed by atoms with Crippen LogP contribution in [0.1, 0.15) is 46.6 Å². The molecule has 3 heteroatoms. The second kappa shape index (κ2) is 7.53. The quantitative estimate of drug-likeness (QED) is 0.771. The van der Waals surface area contributed by atoms with Gasteiger partial charge < -0.3 is 14.8 Å². The lowest BCUT2D eigenvalue weighted by Gasteiger charge is -2.23. The van der Waals surface area contributed by atoms with Crippen LogP contribution in [0.3, 0.4) is 0 Å². The second-order valence-electron chi connectivity index (χ2n) is 6.22. The van der Waals surface area contributed by atoms with Crippen LogP contribution in [0, 0.1) is 0 Å². The first-order chi connectivity index (χ1) is 9.38. The Morgan fingerprint density at radius 3 is 2.50 bits per heavy atom. The molecule has 0 aliphatic heterocycles. The molecule has 0 aliphatic rings. The molecule has 0 fully saturated rings. The summed E-state index contributed by atoms with van der Waals surface area (Å²) in [6.45, 7) is 12.5. The van der Waals surface area contributed by atoms with E-state index in [-0.39, 0.29) is 5.41 Å². The van der Waals surface area contributed by atoms with Crippen molar-refractivity contribution in [2.75, 3.05) is 20.3 Å². The normalized spacial score (nSPS) is 13.1. The van der Waals surface area contributed by atoms with Crippen molar-refractivity contribution in [1.29, 1.82) is 0 Å². The van der Waals surface area contributed by atoms with Gasteiger partial charge in [0.25, 0.3) is 0 Å². The molecule has 1 aromatic carbocycles. The molecule has 0 saturated heterocycles. The summed E-state index contributed by atoms with van der Waals surface area (Å²) in [6, 6.07) is 6.56. The Morgan fingerprint density at radius 1 is 1.25 bits per heavy atom. The third-order valence-electron chi connectivity index (χ3n) is 3.46. The van der Waals surface area contributed by atoms with E-state index >= 15 is 0 Å². The van der Waals surface area contributed by atoms with Gasteiger partial charge in [0.2, 0.25) is 0 Å². The van der Waals surface area contributed by atoms with Gasteiger partial charge in [0.15, 0.2) is 0 Å². The third-order valence-corrected chi connectivity index (χ3v) is 3.46. The molecule has 1 aromatic rings. The fraction of sp³-hybridized carbons (Fsp3) is 0.647. The lowest BCUT2D eigenvalue weighted by atomic mass is 9.86. The van der Waals surface area contributed by atoms with E-state index in [0.717, 1.165) is 24.5 Å². The Bertz CT molecular complexity index is 410. The van der Waals surface area contributed by atoms with Gasteiger partial charge in [-0.1, -0.05) is 27.7 Å². The smallest absolute Gasteiger partial charge is 0.123 e. The molecular formula is C17H29NO2. The van der Waals surface area contributed by atoms with Gasteiger partial charge in [-0.2, -0.15) is 0 Å². The molecule has 0 saturated carbocycles. The second-order valence-corrected chi connectivity index (χ2v) is 6.22. The highest BCUT2D eigenvalue weighted by Crippen LogP contribution is 2.34. The minimum absolute atomic E-state index is 0.0357. The van der Waals surface area contributed by atoms with Crippen LogP contribution in [0.4, 0.5) is 0 Å². The highest BCUT2D eigenvalue weighted by molar-refractivity contribution is 5.44. The molecule has 1 N–H and O–H groups in total. The van der Waals surface area contributed by atoms with E-state index in [1.807, 2.05) is 12.1 Å². The Labute approximate surface area is 123 Å². The zero-order valence-electron chi connectivity index (χ0n) is 13.7. The minimum Gasteiger partial charge on any atom is -0.497 e. The topological polar surface area (TPSA) is 30.5 Å². The van der Waals surface area contributed by atoms with E-state index in [0.29, 0.717) is 12.6 Å². The van der Waals surface area contributed by atoms with Gasteiger partial charge in [0.05, 0.1) is 7.11 Å². The highest BCUT2D eigenvalue weighted by Gasteiger charge is 2.19. The molecule has 114 valence electrons. The number of nitrogens with one attached hydrogen (secondary N) is 1. The molecule has 0 aromatic heterocycles. The molecular weight excluding hydrogens is 250 g/mol. The molecule has 0 spiro atoms. The SMILES string of the molecule is CCC(C)NCCOc1ccc(OC)cc1C(C)(C)C. The van der Waals surface area contributed by atoms with Crippen LogP contribution in [-0.2, 0) is 5.41 Å².